The number of rotatable bonds is 6. The topological polar surface area (TPSA) is 92.5 Å². The highest BCUT2D eigenvalue weighted by atomic mass is 32.2. The average Bonchev–Trinajstić information content (AvgIpc) is 2.32. The Morgan fingerprint density at radius 3 is 2.58 bits per heavy atom. The van der Waals surface area contributed by atoms with E-state index in [1.54, 1.807) is 31.2 Å². The maximum atomic E-state index is 12.1. The molecule has 0 radical (unpaired) electrons. The van der Waals surface area contributed by atoms with E-state index in [1.807, 2.05) is 0 Å². The summed E-state index contributed by atoms with van der Waals surface area (Å²) in [5, 5.41) is 2.55. The first kappa shape index (κ1) is 15.5. The van der Waals surface area contributed by atoms with Crippen molar-refractivity contribution in [3.63, 3.8) is 0 Å². The first-order valence-electron chi connectivity index (χ1n) is 5.91. The highest BCUT2D eigenvalue weighted by Gasteiger charge is 2.21. The molecule has 0 spiro atoms. The summed E-state index contributed by atoms with van der Waals surface area (Å²) in [4.78, 5) is 11.4. The zero-order valence-electron chi connectivity index (χ0n) is 11.1. The van der Waals surface area contributed by atoms with Crippen LogP contribution in [0.2, 0.25) is 0 Å². The number of likely N-dealkylation sites (N-methyl/N-ethyl adjacent to an activating group) is 2. The molecule has 3 N–H and O–H groups in total. The maximum absolute atomic E-state index is 12.1. The first-order chi connectivity index (χ1) is 8.86. The second-order valence-corrected chi connectivity index (χ2v) is 6.24. The van der Waals surface area contributed by atoms with Gasteiger partial charge in [0.1, 0.15) is 0 Å². The van der Waals surface area contributed by atoms with Crippen LogP contribution in [0.1, 0.15) is 12.5 Å². The quantitative estimate of drug-likeness (QED) is 0.729. The van der Waals surface area contributed by atoms with Crippen LogP contribution in [0.5, 0.6) is 0 Å². The molecule has 6 nitrogen and oxygen atoms in total. The fraction of sp³-hybridized carbons (Fsp3) is 0.417. The standard InChI is InChI=1S/C12H19N3O3S/c1-3-14-12(16)8-15(2)19(17,18)9-10-6-4-5-7-11(10)13/h4-7H,3,8-9,13H2,1-2H3,(H,14,16). The average molecular weight is 285 g/mol. The van der Waals surface area contributed by atoms with Crippen molar-refractivity contribution in [3.8, 4) is 0 Å². The third kappa shape index (κ3) is 4.53. The van der Waals surface area contributed by atoms with Crippen molar-refractivity contribution in [1.29, 1.82) is 0 Å². The lowest BCUT2D eigenvalue weighted by Gasteiger charge is -2.17. The fourth-order valence-corrected chi connectivity index (χ4v) is 2.72. The molecular formula is C12H19N3O3S. The van der Waals surface area contributed by atoms with Crippen molar-refractivity contribution in [2.45, 2.75) is 12.7 Å². The van der Waals surface area contributed by atoms with Gasteiger partial charge in [0, 0.05) is 19.3 Å². The van der Waals surface area contributed by atoms with Gasteiger partial charge >= 0.3 is 0 Å². The van der Waals surface area contributed by atoms with Gasteiger partial charge in [0.05, 0.1) is 12.3 Å². The van der Waals surface area contributed by atoms with Gasteiger partial charge in [0.2, 0.25) is 15.9 Å². The molecule has 0 aliphatic heterocycles. The number of sulfonamides is 1. The van der Waals surface area contributed by atoms with E-state index in [0.29, 0.717) is 17.8 Å². The van der Waals surface area contributed by atoms with Gasteiger partial charge in [-0.15, -0.1) is 0 Å². The summed E-state index contributed by atoms with van der Waals surface area (Å²) in [7, 11) is -2.18. The lowest BCUT2D eigenvalue weighted by atomic mass is 10.2. The molecule has 0 aliphatic carbocycles. The van der Waals surface area contributed by atoms with Crippen molar-refractivity contribution in [1.82, 2.24) is 9.62 Å². The van der Waals surface area contributed by atoms with Gasteiger partial charge in [-0.2, -0.15) is 4.31 Å². The molecule has 1 aromatic carbocycles. The zero-order chi connectivity index (χ0) is 14.5. The summed E-state index contributed by atoms with van der Waals surface area (Å²) in [6, 6.07) is 6.77. The second kappa shape index (κ2) is 6.53. The largest absolute Gasteiger partial charge is 0.398 e. The molecule has 0 saturated carbocycles. The highest BCUT2D eigenvalue weighted by Crippen LogP contribution is 2.15. The molecule has 0 atom stereocenters. The van der Waals surface area contributed by atoms with Crippen LogP contribution in [0.15, 0.2) is 24.3 Å². The van der Waals surface area contributed by atoms with Crippen LogP contribution in [0.25, 0.3) is 0 Å². The predicted octanol–water partition coefficient (Wildman–Crippen LogP) is 0.167. The molecule has 0 bridgehead atoms. The molecule has 1 aromatic rings. The Morgan fingerprint density at radius 2 is 2.00 bits per heavy atom. The minimum absolute atomic E-state index is 0.192. The van der Waals surface area contributed by atoms with Crippen LogP contribution in [-0.2, 0) is 20.6 Å². The van der Waals surface area contributed by atoms with E-state index in [0.717, 1.165) is 4.31 Å². The number of nitrogens with two attached hydrogens (primary N) is 1. The number of anilines is 1. The van der Waals surface area contributed by atoms with Crippen LogP contribution >= 0.6 is 0 Å². The highest BCUT2D eigenvalue weighted by molar-refractivity contribution is 7.88. The first-order valence-corrected chi connectivity index (χ1v) is 7.52. The zero-order valence-corrected chi connectivity index (χ0v) is 11.9. The van der Waals surface area contributed by atoms with Crippen molar-refractivity contribution in [2.24, 2.45) is 0 Å². The van der Waals surface area contributed by atoms with E-state index in [1.165, 1.54) is 7.05 Å². The number of carbonyl (C=O) groups excluding carboxylic acids is 1. The van der Waals surface area contributed by atoms with E-state index < -0.39 is 10.0 Å². The Morgan fingerprint density at radius 1 is 1.37 bits per heavy atom. The summed E-state index contributed by atoms with van der Waals surface area (Å²) in [5.41, 5.74) is 6.68. The minimum atomic E-state index is -3.56. The summed E-state index contributed by atoms with van der Waals surface area (Å²) in [6.45, 7) is 2.05. The molecule has 0 aromatic heterocycles. The molecule has 19 heavy (non-hydrogen) atoms. The summed E-state index contributed by atoms with van der Waals surface area (Å²) in [5.74, 6) is -0.537. The number of hydrogen-bond acceptors (Lipinski definition) is 4. The predicted molar refractivity (Wildman–Crippen MR) is 74.8 cm³/mol. The Balaban J connectivity index is 2.76. The molecule has 0 fully saturated rings. The van der Waals surface area contributed by atoms with E-state index in [9.17, 15) is 13.2 Å². The van der Waals surface area contributed by atoms with Gasteiger partial charge in [-0.1, -0.05) is 18.2 Å². The van der Waals surface area contributed by atoms with E-state index in [-0.39, 0.29) is 18.2 Å². The van der Waals surface area contributed by atoms with Gasteiger partial charge < -0.3 is 11.1 Å². The van der Waals surface area contributed by atoms with Crippen LogP contribution in [0, 0.1) is 0 Å². The maximum Gasteiger partial charge on any atom is 0.235 e. The molecule has 0 saturated heterocycles. The molecule has 106 valence electrons. The molecule has 0 heterocycles. The van der Waals surface area contributed by atoms with Gasteiger partial charge in [0.25, 0.3) is 0 Å². The summed E-state index contributed by atoms with van der Waals surface area (Å²) >= 11 is 0. The molecule has 7 heteroatoms. The minimum Gasteiger partial charge on any atom is -0.398 e. The van der Waals surface area contributed by atoms with Crippen LogP contribution < -0.4 is 11.1 Å². The normalized spacial score (nSPS) is 11.5. The third-order valence-electron chi connectivity index (χ3n) is 2.61. The van der Waals surface area contributed by atoms with Crippen molar-refractivity contribution in [3.05, 3.63) is 29.8 Å². The van der Waals surface area contributed by atoms with E-state index in [4.69, 9.17) is 5.73 Å². The monoisotopic (exact) mass is 285 g/mol. The number of nitrogens with zero attached hydrogens (tertiary/aromatic N) is 1. The Kier molecular flexibility index (Phi) is 5.31. The summed E-state index contributed by atoms with van der Waals surface area (Å²) < 4.78 is 25.2. The molecule has 0 unspecified atom stereocenters. The number of carbonyl (C=O) groups is 1. The van der Waals surface area contributed by atoms with Crippen molar-refractivity contribution < 1.29 is 13.2 Å². The number of nitrogen functional groups attached to an aromatic ring is 1. The number of amides is 1. The number of hydrogen-bond donors (Lipinski definition) is 2. The second-order valence-electron chi connectivity index (χ2n) is 4.16. The van der Waals surface area contributed by atoms with Crippen LogP contribution in [0.4, 0.5) is 5.69 Å². The number of para-hydroxylation sites is 1. The van der Waals surface area contributed by atoms with Gasteiger partial charge in [-0.25, -0.2) is 8.42 Å². The summed E-state index contributed by atoms with van der Waals surface area (Å²) in [6.07, 6.45) is 0. The third-order valence-corrected chi connectivity index (χ3v) is 4.36. The van der Waals surface area contributed by atoms with Crippen molar-refractivity contribution in [2.75, 3.05) is 25.9 Å². The smallest absolute Gasteiger partial charge is 0.235 e. The van der Waals surface area contributed by atoms with Crippen LogP contribution in [0.3, 0.4) is 0 Å². The van der Waals surface area contributed by atoms with Gasteiger partial charge in [0.15, 0.2) is 0 Å². The molecule has 1 rings (SSSR count). The van der Waals surface area contributed by atoms with E-state index in [2.05, 4.69) is 5.32 Å². The lowest BCUT2D eigenvalue weighted by molar-refractivity contribution is -0.121. The Bertz CT molecular complexity index is 543. The number of nitrogens with one attached hydrogen (secondary N) is 1. The van der Waals surface area contributed by atoms with E-state index >= 15 is 0 Å². The molecular weight excluding hydrogens is 266 g/mol. The molecule has 1 amide bonds. The van der Waals surface area contributed by atoms with Crippen LogP contribution in [-0.4, -0.2) is 38.8 Å². The fourth-order valence-electron chi connectivity index (χ4n) is 1.53. The van der Waals surface area contributed by atoms with Crippen molar-refractivity contribution >= 4 is 21.6 Å². The van der Waals surface area contributed by atoms with Gasteiger partial charge in [-0.3, -0.25) is 4.79 Å². The number of benzene rings is 1. The van der Waals surface area contributed by atoms with Gasteiger partial charge in [-0.05, 0) is 18.6 Å². The Labute approximate surface area is 113 Å². The molecule has 0 aliphatic rings. The Hall–Kier alpha value is -1.60. The lowest BCUT2D eigenvalue weighted by Crippen LogP contribution is -2.38. The SMILES string of the molecule is CCNC(=O)CN(C)S(=O)(=O)Cc1ccccc1N.